The van der Waals surface area contributed by atoms with Gasteiger partial charge in [-0.25, -0.2) is 0 Å². The van der Waals surface area contributed by atoms with Crippen LogP contribution in [0.4, 0.5) is 0 Å². The Morgan fingerprint density at radius 3 is 2.83 bits per heavy atom. The van der Waals surface area contributed by atoms with Gasteiger partial charge in [0.2, 0.25) is 5.91 Å². The third-order valence-corrected chi connectivity index (χ3v) is 3.63. The number of carbonyl (C=O) groups is 2. The molecule has 1 aromatic heterocycles. The molecule has 0 unspecified atom stereocenters. The first-order chi connectivity index (χ1) is 8.49. The molecular weight excluding hydrogens is 270 g/mol. The fourth-order valence-corrected chi connectivity index (χ4v) is 2.64. The van der Waals surface area contributed by atoms with E-state index in [-0.39, 0.29) is 11.8 Å². The molecule has 1 saturated heterocycles. The van der Waals surface area contributed by atoms with E-state index in [1.54, 1.807) is 6.08 Å². The molecular formula is C11H11N3O2S2. The Kier molecular flexibility index (Phi) is 3.53. The molecule has 18 heavy (non-hydrogen) atoms. The Bertz CT molecular complexity index is 562. The maximum atomic E-state index is 12.0. The van der Waals surface area contributed by atoms with Crippen molar-refractivity contribution in [2.45, 2.75) is 6.92 Å². The Hall–Kier alpha value is -1.60. The number of hydrazine groups is 1. The number of hydrogen-bond donors (Lipinski definition) is 1. The van der Waals surface area contributed by atoms with Crippen LogP contribution in [0.15, 0.2) is 23.2 Å². The molecule has 0 atom stereocenters. The first-order valence-electron chi connectivity index (χ1n) is 5.15. The van der Waals surface area contributed by atoms with E-state index < -0.39 is 0 Å². The van der Waals surface area contributed by atoms with Crippen molar-refractivity contribution >= 4 is 46.2 Å². The smallest absolute Gasteiger partial charge is 0.285 e. The number of thioether (sulfide) groups is 1. The van der Waals surface area contributed by atoms with Gasteiger partial charge in [-0.1, -0.05) is 11.8 Å². The lowest BCUT2D eigenvalue weighted by Gasteiger charge is -2.13. The van der Waals surface area contributed by atoms with Crippen molar-refractivity contribution in [3.05, 3.63) is 28.9 Å². The van der Waals surface area contributed by atoms with Gasteiger partial charge in [0.05, 0.1) is 4.91 Å². The van der Waals surface area contributed by atoms with Gasteiger partial charge < -0.3 is 4.57 Å². The number of aryl methyl sites for hydroxylation is 1. The van der Waals surface area contributed by atoms with E-state index in [1.807, 2.05) is 29.9 Å². The number of hydrogen-bond acceptors (Lipinski definition) is 4. The molecule has 0 spiro atoms. The van der Waals surface area contributed by atoms with Gasteiger partial charge in [0.1, 0.15) is 0 Å². The first kappa shape index (κ1) is 12.8. The van der Waals surface area contributed by atoms with E-state index in [0.29, 0.717) is 9.23 Å². The van der Waals surface area contributed by atoms with Crippen LogP contribution < -0.4 is 5.43 Å². The van der Waals surface area contributed by atoms with Gasteiger partial charge in [-0.05, 0) is 30.4 Å². The summed E-state index contributed by atoms with van der Waals surface area (Å²) >= 11 is 6.22. The second-order valence-corrected chi connectivity index (χ2v) is 5.40. The van der Waals surface area contributed by atoms with Crippen LogP contribution in [0.1, 0.15) is 12.6 Å². The molecule has 0 bridgehead atoms. The maximum Gasteiger partial charge on any atom is 0.285 e. The number of thiocarbonyl (C=S) groups is 1. The van der Waals surface area contributed by atoms with Crippen LogP contribution in [-0.4, -0.2) is 25.7 Å². The fourth-order valence-electron chi connectivity index (χ4n) is 1.48. The third-order valence-electron chi connectivity index (χ3n) is 2.33. The predicted octanol–water partition coefficient (Wildman–Crippen LogP) is 1.28. The Morgan fingerprint density at radius 1 is 1.56 bits per heavy atom. The highest BCUT2D eigenvalue weighted by Crippen LogP contribution is 2.31. The minimum atomic E-state index is -0.327. The van der Waals surface area contributed by atoms with Gasteiger partial charge in [-0.2, -0.15) is 5.01 Å². The maximum absolute atomic E-state index is 12.0. The summed E-state index contributed by atoms with van der Waals surface area (Å²) in [5.41, 5.74) is 3.30. The van der Waals surface area contributed by atoms with E-state index in [9.17, 15) is 9.59 Å². The molecule has 94 valence electrons. The Balaban J connectivity index is 2.25. The first-order valence-corrected chi connectivity index (χ1v) is 6.38. The summed E-state index contributed by atoms with van der Waals surface area (Å²) in [6.07, 6.45) is 3.64. The molecule has 1 aliphatic rings. The minimum absolute atomic E-state index is 0.304. The number of amides is 2. The number of nitrogens with zero attached hydrogens (tertiary/aromatic N) is 2. The monoisotopic (exact) mass is 281 g/mol. The highest BCUT2D eigenvalue weighted by Gasteiger charge is 2.33. The predicted molar refractivity (Wildman–Crippen MR) is 74.2 cm³/mol. The highest BCUT2D eigenvalue weighted by molar-refractivity contribution is 8.26. The van der Waals surface area contributed by atoms with Gasteiger partial charge in [-0.15, -0.1) is 0 Å². The van der Waals surface area contributed by atoms with E-state index in [2.05, 4.69) is 5.43 Å². The molecule has 1 aromatic rings. The Labute approximate surface area is 114 Å². The quantitative estimate of drug-likeness (QED) is 0.655. The van der Waals surface area contributed by atoms with E-state index >= 15 is 0 Å². The number of carbonyl (C=O) groups excluding carboxylic acids is 2. The van der Waals surface area contributed by atoms with Gasteiger partial charge in [0.25, 0.3) is 5.91 Å². The molecule has 5 nitrogen and oxygen atoms in total. The lowest BCUT2D eigenvalue weighted by atomic mass is 10.3. The van der Waals surface area contributed by atoms with Crippen LogP contribution in [0, 0.1) is 0 Å². The number of aromatic nitrogens is 1. The molecule has 2 heterocycles. The summed E-state index contributed by atoms with van der Waals surface area (Å²) < 4.78 is 2.22. The average molecular weight is 281 g/mol. The lowest BCUT2D eigenvalue weighted by molar-refractivity contribution is -0.131. The summed E-state index contributed by atoms with van der Waals surface area (Å²) in [5, 5.41) is 1.09. The van der Waals surface area contributed by atoms with E-state index in [4.69, 9.17) is 12.2 Å². The standard InChI is InChI=1S/C11H11N3O2S2/c1-7(15)12-14-10(16)9(18-11(14)17)6-8-4-3-5-13(8)2/h3-6H,1-2H3,(H,12,15). The lowest BCUT2D eigenvalue weighted by Crippen LogP contribution is -2.43. The SMILES string of the molecule is CC(=O)NN1C(=O)C(=Cc2cccn2C)SC1=S. The van der Waals surface area contributed by atoms with Gasteiger partial charge in [0.15, 0.2) is 4.32 Å². The molecule has 0 radical (unpaired) electrons. The zero-order chi connectivity index (χ0) is 13.3. The summed E-state index contributed by atoms with van der Waals surface area (Å²) in [6, 6.07) is 3.78. The van der Waals surface area contributed by atoms with Gasteiger partial charge in [-0.3, -0.25) is 15.0 Å². The van der Waals surface area contributed by atoms with Crippen molar-refractivity contribution in [3.8, 4) is 0 Å². The second-order valence-electron chi connectivity index (χ2n) is 3.73. The van der Waals surface area contributed by atoms with Crippen LogP contribution >= 0.6 is 24.0 Å². The number of nitrogens with one attached hydrogen (secondary N) is 1. The topological polar surface area (TPSA) is 54.3 Å². The summed E-state index contributed by atoms with van der Waals surface area (Å²) in [4.78, 5) is 23.5. The molecule has 1 aliphatic heterocycles. The average Bonchev–Trinajstić information content (AvgIpc) is 2.79. The Morgan fingerprint density at radius 2 is 2.28 bits per heavy atom. The molecule has 7 heteroatoms. The molecule has 1 N–H and O–H groups in total. The van der Waals surface area contributed by atoms with E-state index in [1.165, 1.54) is 18.7 Å². The molecule has 0 saturated carbocycles. The van der Waals surface area contributed by atoms with Crippen molar-refractivity contribution in [2.24, 2.45) is 7.05 Å². The zero-order valence-electron chi connectivity index (χ0n) is 9.84. The van der Waals surface area contributed by atoms with Crippen LogP contribution in [-0.2, 0) is 16.6 Å². The minimum Gasteiger partial charge on any atom is -0.351 e. The summed E-state index contributed by atoms with van der Waals surface area (Å²) in [7, 11) is 1.89. The highest BCUT2D eigenvalue weighted by atomic mass is 32.2. The largest absolute Gasteiger partial charge is 0.351 e. The molecule has 0 aromatic carbocycles. The molecule has 2 amide bonds. The molecule has 2 rings (SSSR count). The summed E-state index contributed by atoms with van der Waals surface area (Å²) in [6.45, 7) is 1.33. The third kappa shape index (κ3) is 2.46. The van der Waals surface area contributed by atoms with Crippen LogP contribution in [0.2, 0.25) is 0 Å². The van der Waals surface area contributed by atoms with Crippen molar-refractivity contribution < 1.29 is 9.59 Å². The van der Waals surface area contributed by atoms with Crippen molar-refractivity contribution in [1.29, 1.82) is 0 Å². The van der Waals surface area contributed by atoms with Crippen molar-refractivity contribution in [1.82, 2.24) is 15.0 Å². The van der Waals surface area contributed by atoms with Gasteiger partial charge >= 0.3 is 0 Å². The molecule has 0 aliphatic carbocycles. The summed E-state index contributed by atoms with van der Waals surface area (Å²) in [5.74, 6) is -0.632. The zero-order valence-corrected chi connectivity index (χ0v) is 11.5. The normalized spacial score (nSPS) is 17.7. The fraction of sp³-hybridized carbons (Fsp3) is 0.182. The van der Waals surface area contributed by atoms with Gasteiger partial charge in [0, 0.05) is 25.9 Å². The molecule has 1 fully saturated rings. The van der Waals surface area contributed by atoms with Crippen LogP contribution in [0.3, 0.4) is 0 Å². The number of rotatable bonds is 2. The van der Waals surface area contributed by atoms with Crippen LogP contribution in [0.5, 0.6) is 0 Å². The van der Waals surface area contributed by atoms with Crippen molar-refractivity contribution in [2.75, 3.05) is 0 Å². The van der Waals surface area contributed by atoms with E-state index in [0.717, 1.165) is 10.7 Å². The van der Waals surface area contributed by atoms with Crippen LogP contribution in [0.25, 0.3) is 6.08 Å². The second kappa shape index (κ2) is 4.95. The van der Waals surface area contributed by atoms with Crippen molar-refractivity contribution in [3.63, 3.8) is 0 Å².